The van der Waals surface area contributed by atoms with Crippen LogP contribution in [0, 0.1) is 0 Å². The lowest BCUT2D eigenvalue weighted by atomic mass is 10.1. The number of carbonyl (C=O) groups excluding carboxylic acids is 1. The van der Waals surface area contributed by atoms with Gasteiger partial charge in [0.25, 0.3) is 0 Å². The standard InChI is InChI=1S/C21H21ClF3NO6S/c1-30-17-4-2-13(9-19(27)28)8-18(17)32-16-5-3-15(26-20(29)31-7-6-22)10-14(16)11-33-12-21(23,24)25/h2-5,8,10H,6-7,9,11-12H2,1H3,(H,26,29)(H,27,28). The van der Waals surface area contributed by atoms with E-state index in [0.29, 0.717) is 28.6 Å². The molecule has 0 bridgehead atoms. The number of aliphatic carboxylic acids is 1. The molecule has 0 heterocycles. The van der Waals surface area contributed by atoms with Crippen molar-refractivity contribution >= 4 is 41.1 Å². The van der Waals surface area contributed by atoms with Crippen LogP contribution < -0.4 is 14.8 Å². The Kier molecular flexibility index (Phi) is 9.98. The Morgan fingerprint density at radius 2 is 1.85 bits per heavy atom. The molecule has 0 saturated carbocycles. The quantitative estimate of drug-likeness (QED) is 0.377. The topological polar surface area (TPSA) is 94.1 Å². The molecule has 2 aromatic rings. The van der Waals surface area contributed by atoms with Crippen molar-refractivity contribution < 1.29 is 42.1 Å². The van der Waals surface area contributed by atoms with Gasteiger partial charge < -0.3 is 19.3 Å². The number of carboxylic acid groups (broad SMARTS) is 1. The van der Waals surface area contributed by atoms with Crippen LogP contribution in [0.1, 0.15) is 11.1 Å². The molecule has 0 aliphatic rings. The van der Waals surface area contributed by atoms with Crippen molar-refractivity contribution in [1.82, 2.24) is 0 Å². The maximum Gasteiger partial charge on any atom is 0.411 e. The number of hydrogen-bond acceptors (Lipinski definition) is 6. The lowest BCUT2D eigenvalue weighted by Crippen LogP contribution is -2.15. The Morgan fingerprint density at radius 1 is 1.12 bits per heavy atom. The maximum atomic E-state index is 12.6. The molecule has 0 aliphatic carbocycles. The molecule has 2 aromatic carbocycles. The summed E-state index contributed by atoms with van der Waals surface area (Å²) in [6.45, 7) is -0.00461. The van der Waals surface area contributed by atoms with Crippen molar-refractivity contribution in [1.29, 1.82) is 0 Å². The second kappa shape index (κ2) is 12.4. The smallest absolute Gasteiger partial charge is 0.411 e. The fraction of sp³-hybridized carbons (Fsp3) is 0.333. The molecule has 0 fully saturated rings. The van der Waals surface area contributed by atoms with Gasteiger partial charge in [-0.1, -0.05) is 6.07 Å². The number of amides is 1. The number of rotatable bonds is 11. The van der Waals surface area contributed by atoms with E-state index in [1.54, 1.807) is 6.07 Å². The van der Waals surface area contributed by atoms with Crippen molar-refractivity contribution in [3.63, 3.8) is 0 Å². The van der Waals surface area contributed by atoms with E-state index in [9.17, 15) is 22.8 Å². The molecular formula is C21H21ClF3NO6S. The molecule has 0 unspecified atom stereocenters. The highest BCUT2D eigenvalue weighted by atomic mass is 35.5. The van der Waals surface area contributed by atoms with Crippen LogP contribution in [0.15, 0.2) is 36.4 Å². The number of nitrogens with one attached hydrogen (secondary N) is 1. The van der Waals surface area contributed by atoms with E-state index < -0.39 is 24.0 Å². The molecule has 12 heteroatoms. The average molecular weight is 508 g/mol. The normalized spacial score (nSPS) is 11.1. The molecule has 0 spiro atoms. The second-order valence-electron chi connectivity index (χ2n) is 6.54. The van der Waals surface area contributed by atoms with Crippen molar-refractivity contribution in [2.45, 2.75) is 18.3 Å². The second-order valence-corrected chi connectivity index (χ2v) is 7.90. The molecule has 0 aromatic heterocycles. The van der Waals surface area contributed by atoms with Crippen LogP contribution in [0.2, 0.25) is 0 Å². The summed E-state index contributed by atoms with van der Waals surface area (Å²) in [6.07, 6.45) is -5.36. The van der Waals surface area contributed by atoms with E-state index in [0.717, 1.165) is 0 Å². The number of thioether (sulfide) groups is 1. The molecule has 2 rings (SSSR count). The first-order chi connectivity index (χ1) is 15.6. The van der Waals surface area contributed by atoms with Crippen molar-refractivity contribution in [3.05, 3.63) is 47.5 Å². The van der Waals surface area contributed by atoms with Gasteiger partial charge in [0.05, 0.1) is 25.2 Å². The van der Waals surface area contributed by atoms with Gasteiger partial charge in [-0.05, 0) is 35.9 Å². The number of alkyl halides is 4. The van der Waals surface area contributed by atoms with E-state index in [-0.39, 0.29) is 41.8 Å². The number of carbonyl (C=O) groups is 2. The monoisotopic (exact) mass is 507 g/mol. The highest BCUT2D eigenvalue weighted by Crippen LogP contribution is 2.37. The van der Waals surface area contributed by atoms with Gasteiger partial charge in [-0.15, -0.1) is 23.4 Å². The van der Waals surface area contributed by atoms with Gasteiger partial charge in [0, 0.05) is 17.0 Å². The van der Waals surface area contributed by atoms with Gasteiger partial charge in [-0.3, -0.25) is 10.1 Å². The molecule has 0 atom stereocenters. The summed E-state index contributed by atoms with van der Waals surface area (Å²) in [4.78, 5) is 22.8. The zero-order chi connectivity index (χ0) is 24.4. The third-order valence-electron chi connectivity index (χ3n) is 3.94. The van der Waals surface area contributed by atoms with E-state index in [1.165, 1.54) is 37.4 Å². The maximum absolute atomic E-state index is 12.6. The minimum atomic E-state index is -4.35. The summed E-state index contributed by atoms with van der Waals surface area (Å²) in [7, 11) is 1.40. The number of halogens is 4. The third kappa shape index (κ3) is 9.30. The van der Waals surface area contributed by atoms with Crippen LogP contribution in [0.5, 0.6) is 17.2 Å². The largest absolute Gasteiger partial charge is 0.493 e. The van der Waals surface area contributed by atoms with Gasteiger partial charge in [-0.25, -0.2) is 4.79 Å². The fourth-order valence-corrected chi connectivity index (χ4v) is 3.49. The number of anilines is 1. The Morgan fingerprint density at radius 3 is 2.48 bits per heavy atom. The number of hydrogen-bond donors (Lipinski definition) is 2. The summed E-state index contributed by atoms with van der Waals surface area (Å²) in [6, 6.07) is 9.02. The molecule has 0 saturated heterocycles. The lowest BCUT2D eigenvalue weighted by Gasteiger charge is -2.16. The van der Waals surface area contributed by atoms with Gasteiger partial charge in [0.15, 0.2) is 11.5 Å². The van der Waals surface area contributed by atoms with E-state index >= 15 is 0 Å². The van der Waals surface area contributed by atoms with Crippen molar-refractivity contribution in [2.24, 2.45) is 0 Å². The van der Waals surface area contributed by atoms with E-state index in [2.05, 4.69) is 5.32 Å². The zero-order valence-electron chi connectivity index (χ0n) is 17.4. The molecule has 33 heavy (non-hydrogen) atoms. The Labute approximate surface area is 197 Å². The van der Waals surface area contributed by atoms with Crippen molar-refractivity contribution in [3.8, 4) is 17.2 Å². The van der Waals surface area contributed by atoms with Crippen LogP contribution >= 0.6 is 23.4 Å². The van der Waals surface area contributed by atoms with E-state index in [1.807, 2.05) is 0 Å². The van der Waals surface area contributed by atoms with E-state index in [4.69, 9.17) is 30.9 Å². The summed E-state index contributed by atoms with van der Waals surface area (Å²) < 4.78 is 53.8. The predicted octanol–water partition coefficient (Wildman–Crippen LogP) is 5.70. The lowest BCUT2D eigenvalue weighted by molar-refractivity contribution is -0.136. The number of benzene rings is 2. The minimum Gasteiger partial charge on any atom is -0.493 e. The third-order valence-corrected chi connectivity index (χ3v) is 5.14. The van der Waals surface area contributed by atoms with Crippen LogP contribution in [0.25, 0.3) is 0 Å². The molecule has 0 aliphatic heterocycles. The molecule has 0 radical (unpaired) electrons. The molecule has 2 N–H and O–H groups in total. The average Bonchev–Trinajstić information content (AvgIpc) is 2.73. The molecule has 180 valence electrons. The van der Waals surface area contributed by atoms with Crippen molar-refractivity contribution in [2.75, 3.05) is 30.7 Å². The summed E-state index contributed by atoms with van der Waals surface area (Å²) in [5, 5.41) is 11.5. The SMILES string of the molecule is COc1ccc(CC(=O)O)cc1Oc1ccc(NC(=O)OCCCl)cc1CSCC(F)(F)F. The van der Waals surface area contributed by atoms with Gasteiger partial charge in [-0.2, -0.15) is 13.2 Å². The summed E-state index contributed by atoms with van der Waals surface area (Å²) in [5.74, 6) is -1.34. The van der Waals surface area contributed by atoms with Crippen LogP contribution in [0.4, 0.5) is 23.7 Å². The number of carboxylic acids is 1. The number of methoxy groups -OCH3 is 1. The Bertz CT molecular complexity index is 974. The molecule has 7 nitrogen and oxygen atoms in total. The summed E-state index contributed by atoms with van der Waals surface area (Å²) >= 11 is 6.10. The van der Waals surface area contributed by atoms with Gasteiger partial charge >= 0.3 is 18.2 Å². The summed E-state index contributed by atoms with van der Waals surface area (Å²) in [5.41, 5.74) is 1.10. The highest BCUT2D eigenvalue weighted by Gasteiger charge is 2.27. The fourth-order valence-electron chi connectivity index (χ4n) is 2.64. The first-order valence-electron chi connectivity index (χ1n) is 9.45. The molecule has 1 amide bonds. The van der Waals surface area contributed by atoms with Gasteiger partial charge in [0.1, 0.15) is 12.4 Å². The molecular weight excluding hydrogens is 487 g/mol. The Balaban J connectivity index is 2.31. The van der Waals surface area contributed by atoms with Crippen LogP contribution in [-0.4, -0.2) is 48.7 Å². The highest BCUT2D eigenvalue weighted by molar-refractivity contribution is 7.98. The van der Waals surface area contributed by atoms with Gasteiger partial charge in [0.2, 0.25) is 0 Å². The van der Waals surface area contributed by atoms with Crippen LogP contribution in [0.3, 0.4) is 0 Å². The Hall–Kier alpha value is -2.79. The predicted molar refractivity (Wildman–Crippen MR) is 119 cm³/mol. The van der Waals surface area contributed by atoms with Crippen LogP contribution in [-0.2, 0) is 21.7 Å². The zero-order valence-corrected chi connectivity index (χ0v) is 19.0. The minimum absolute atomic E-state index is 0.00461. The first-order valence-corrected chi connectivity index (χ1v) is 11.1. The number of ether oxygens (including phenoxy) is 3. The first kappa shape index (κ1) is 26.5.